The van der Waals surface area contributed by atoms with Gasteiger partial charge < -0.3 is 45.8 Å². The van der Waals surface area contributed by atoms with Gasteiger partial charge in [-0.15, -0.1) is 0 Å². The number of aromatic nitrogens is 4. The Balaban J connectivity index is 0.000000196. The van der Waals surface area contributed by atoms with Crippen LogP contribution in [0.4, 0.5) is 11.6 Å². The first kappa shape index (κ1) is 26.6. The molecular weight excluding hydrogens is 476 g/mol. The van der Waals surface area contributed by atoms with Gasteiger partial charge in [-0.3, -0.25) is 19.8 Å². The van der Waals surface area contributed by atoms with E-state index < -0.39 is 73.7 Å². The van der Waals surface area contributed by atoms with E-state index in [1.807, 2.05) is 0 Å². The second-order valence-electron chi connectivity index (χ2n) is 7.61. The third-order valence-electron chi connectivity index (χ3n) is 5.38. The quantitative estimate of drug-likeness (QED) is 0.173. The monoisotopic (exact) mass is 502 g/mol. The molecule has 2 aromatic rings. The van der Waals surface area contributed by atoms with Gasteiger partial charge in [0.15, 0.2) is 18.3 Å². The molecule has 0 amide bonds. The zero-order valence-corrected chi connectivity index (χ0v) is 18.0. The molecule has 10 N–H and O–H groups in total. The molecule has 0 spiro atoms. The zero-order valence-electron chi connectivity index (χ0n) is 18.0. The van der Waals surface area contributed by atoms with Crippen LogP contribution < -0.4 is 22.6 Å². The number of aliphatic hydroxyl groups excluding tert-OH is 6. The SMILES string of the molecule is Nc1ccn([C@@H]2O[C@H](CO)[C@H](O)C2O)c(=O)n1.O=c1nc(NO)ccn1[C@@H]1O[C@H](CO)[C@H](O)C1O. The van der Waals surface area contributed by atoms with E-state index in [2.05, 4.69) is 9.97 Å². The molecule has 0 aliphatic carbocycles. The van der Waals surface area contributed by atoms with Crippen molar-refractivity contribution in [3.05, 3.63) is 45.5 Å². The fraction of sp³-hybridized carbons (Fsp3) is 0.556. The van der Waals surface area contributed by atoms with Crippen molar-refractivity contribution in [3.63, 3.8) is 0 Å². The molecule has 17 heteroatoms. The Bertz CT molecular complexity index is 1110. The number of nitrogens with zero attached hydrogens (tertiary/aromatic N) is 4. The van der Waals surface area contributed by atoms with E-state index in [0.717, 1.165) is 9.13 Å². The fourth-order valence-corrected chi connectivity index (χ4v) is 3.51. The summed E-state index contributed by atoms with van der Waals surface area (Å²) >= 11 is 0. The second-order valence-corrected chi connectivity index (χ2v) is 7.61. The topological polar surface area (TPSA) is 268 Å². The minimum absolute atomic E-state index is 0.0528. The highest BCUT2D eigenvalue weighted by Crippen LogP contribution is 2.29. The molecule has 0 radical (unpaired) electrons. The fourth-order valence-electron chi connectivity index (χ4n) is 3.51. The number of ether oxygens (including phenoxy) is 2. The molecule has 17 nitrogen and oxygen atoms in total. The smallest absolute Gasteiger partial charge is 0.351 e. The number of nitrogen functional groups attached to an aromatic ring is 1. The van der Waals surface area contributed by atoms with E-state index in [0.29, 0.717) is 0 Å². The Kier molecular flexibility index (Phi) is 8.48. The molecule has 2 aromatic heterocycles. The first-order valence-corrected chi connectivity index (χ1v) is 10.2. The van der Waals surface area contributed by atoms with Gasteiger partial charge >= 0.3 is 11.4 Å². The van der Waals surface area contributed by atoms with E-state index in [1.54, 1.807) is 5.48 Å². The minimum Gasteiger partial charge on any atom is -0.394 e. The second kappa shape index (κ2) is 11.2. The third kappa shape index (κ3) is 5.48. The van der Waals surface area contributed by atoms with Crippen LogP contribution in [0.2, 0.25) is 0 Å². The summed E-state index contributed by atoms with van der Waals surface area (Å²) in [4.78, 5) is 30.0. The Labute approximate surface area is 195 Å². The Hall–Kier alpha value is -3.00. The van der Waals surface area contributed by atoms with Crippen molar-refractivity contribution < 1.29 is 45.3 Å². The molecule has 2 aliphatic heterocycles. The number of nitrogens with one attached hydrogen (secondary N) is 1. The van der Waals surface area contributed by atoms with Crippen molar-refractivity contribution >= 4 is 11.6 Å². The molecule has 2 aliphatic rings. The van der Waals surface area contributed by atoms with Crippen molar-refractivity contribution in [1.82, 2.24) is 19.1 Å². The Morgan fingerprint density at radius 3 is 1.66 bits per heavy atom. The first-order valence-electron chi connectivity index (χ1n) is 10.2. The van der Waals surface area contributed by atoms with Crippen molar-refractivity contribution in [3.8, 4) is 0 Å². The maximum Gasteiger partial charge on any atom is 0.351 e. The average Bonchev–Trinajstić information content (AvgIpc) is 3.29. The van der Waals surface area contributed by atoms with Crippen LogP contribution in [-0.4, -0.2) is 105 Å². The lowest BCUT2D eigenvalue weighted by Crippen LogP contribution is -2.36. The molecule has 4 heterocycles. The van der Waals surface area contributed by atoms with Crippen LogP contribution >= 0.6 is 0 Å². The van der Waals surface area contributed by atoms with Crippen molar-refractivity contribution in [2.24, 2.45) is 0 Å². The molecular formula is C18H26N6O11. The lowest BCUT2D eigenvalue weighted by molar-refractivity contribution is -0.0549. The molecule has 0 saturated carbocycles. The van der Waals surface area contributed by atoms with Gasteiger partial charge in [-0.1, -0.05) is 0 Å². The lowest BCUT2D eigenvalue weighted by atomic mass is 10.1. The predicted molar refractivity (Wildman–Crippen MR) is 113 cm³/mol. The maximum absolute atomic E-state index is 11.6. The normalized spacial score (nSPS) is 32.2. The van der Waals surface area contributed by atoms with E-state index in [9.17, 15) is 30.0 Å². The van der Waals surface area contributed by atoms with Crippen molar-refractivity contribution in [2.45, 2.75) is 49.1 Å². The van der Waals surface area contributed by atoms with Crippen LogP contribution in [0.5, 0.6) is 0 Å². The van der Waals surface area contributed by atoms with Gasteiger partial charge in [0.25, 0.3) is 0 Å². The number of rotatable bonds is 5. The first-order chi connectivity index (χ1) is 16.6. The maximum atomic E-state index is 11.6. The van der Waals surface area contributed by atoms with E-state index in [1.165, 1.54) is 24.5 Å². The van der Waals surface area contributed by atoms with Crippen LogP contribution in [0.3, 0.4) is 0 Å². The summed E-state index contributed by atoms with van der Waals surface area (Å²) < 4.78 is 12.3. The van der Waals surface area contributed by atoms with Gasteiger partial charge in [0.2, 0.25) is 0 Å². The standard InChI is InChI=1S/C9H13N3O6.C9H13N3O5/c13-3-4-6(14)7(15)8(18-4)12-2-1-5(11-17)10-9(12)16;10-5-1-2-12(9(16)11-5)8-7(15)6(14)4(3-13)17-8/h1-2,4,6-8,13-15,17H,3H2,(H,10,11,16);1-2,4,6-8,13-15H,3H2,(H2,10,11,16)/t2*4-,6+,7?,8-/m11/s1. The summed E-state index contributed by atoms with van der Waals surface area (Å²) in [5.74, 6) is 0.000914. The highest BCUT2D eigenvalue weighted by molar-refractivity contribution is 5.28. The number of anilines is 2. The Morgan fingerprint density at radius 2 is 1.29 bits per heavy atom. The summed E-state index contributed by atoms with van der Waals surface area (Å²) in [6, 6.07) is 2.66. The minimum atomic E-state index is -1.35. The molecule has 8 atom stereocenters. The zero-order chi connectivity index (χ0) is 25.9. The van der Waals surface area contributed by atoms with E-state index in [4.69, 9.17) is 30.6 Å². The molecule has 2 unspecified atom stereocenters. The van der Waals surface area contributed by atoms with Gasteiger partial charge in [-0.2, -0.15) is 9.97 Å². The van der Waals surface area contributed by atoms with Crippen LogP contribution in [-0.2, 0) is 9.47 Å². The van der Waals surface area contributed by atoms with Crippen LogP contribution in [0.25, 0.3) is 0 Å². The van der Waals surface area contributed by atoms with Crippen molar-refractivity contribution in [2.75, 3.05) is 24.4 Å². The van der Waals surface area contributed by atoms with E-state index in [-0.39, 0.29) is 11.6 Å². The molecule has 0 aromatic carbocycles. The van der Waals surface area contributed by atoms with Crippen molar-refractivity contribution in [1.29, 1.82) is 0 Å². The number of hydrogen-bond donors (Lipinski definition) is 9. The lowest BCUT2D eigenvalue weighted by Gasteiger charge is -2.16. The van der Waals surface area contributed by atoms with Gasteiger partial charge in [0.1, 0.15) is 42.4 Å². The van der Waals surface area contributed by atoms with Crippen LogP contribution in [0.1, 0.15) is 12.5 Å². The molecule has 194 valence electrons. The number of aliphatic hydroxyl groups is 6. The van der Waals surface area contributed by atoms with Gasteiger partial charge in [-0.05, 0) is 12.1 Å². The average molecular weight is 502 g/mol. The van der Waals surface area contributed by atoms with Gasteiger partial charge in [0, 0.05) is 12.4 Å². The molecule has 0 bridgehead atoms. The molecule has 4 rings (SSSR count). The summed E-state index contributed by atoms with van der Waals surface area (Å²) in [6.45, 7) is -0.931. The highest BCUT2D eigenvalue weighted by Gasteiger charge is 2.44. The predicted octanol–water partition coefficient (Wildman–Crippen LogP) is -4.91. The summed E-state index contributed by atoms with van der Waals surface area (Å²) in [5, 5.41) is 64.9. The molecule has 2 saturated heterocycles. The van der Waals surface area contributed by atoms with E-state index >= 15 is 0 Å². The number of nitrogens with two attached hydrogens (primary N) is 1. The van der Waals surface area contributed by atoms with Gasteiger partial charge in [-0.25, -0.2) is 9.59 Å². The molecule has 2 fully saturated rings. The van der Waals surface area contributed by atoms with Gasteiger partial charge in [0.05, 0.1) is 13.2 Å². The third-order valence-corrected chi connectivity index (χ3v) is 5.38. The van der Waals surface area contributed by atoms with Crippen LogP contribution in [0, 0.1) is 0 Å². The number of hydrogen-bond acceptors (Lipinski definition) is 15. The largest absolute Gasteiger partial charge is 0.394 e. The summed E-state index contributed by atoms with van der Waals surface area (Å²) in [6.07, 6.45) is -6.76. The summed E-state index contributed by atoms with van der Waals surface area (Å²) in [5.41, 5.74) is 5.56. The molecule has 35 heavy (non-hydrogen) atoms. The summed E-state index contributed by atoms with van der Waals surface area (Å²) in [7, 11) is 0. The van der Waals surface area contributed by atoms with Crippen LogP contribution in [0.15, 0.2) is 34.1 Å². The highest BCUT2D eigenvalue weighted by atomic mass is 16.6. The Morgan fingerprint density at radius 1 is 0.829 bits per heavy atom.